The molecular weight excluding hydrogens is 122 g/mol. The zero-order chi connectivity index (χ0) is 6.97. The fraction of sp³-hybridized carbons (Fsp3) is 0.778. The van der Waals surface area contributed by atoms with Gasteiger partial charge in [-0.05, 0) is 38.6 Å². The molecule has 1 heterocycles. The van der Waals surface area contributed by atoms with Crippen LogP contribution < -0.4 is 5.32 Å². The van der Waals surface area contributed by atoms with E-state index in [1.807, 2.05) is 0 Å². The quantitative estimate of drug-likeness (QED) is 0.501. The number of nitrogens with one attached hydrogen (secondary N) is 1. The van der Waals surface area contributed by atoms with Crippen LogP contribution in [0.3, 0.4) is 0 Å². The third-order valence-electron chi connectivity index (χ3n) is 2.80. The topological polar surface area (TPSA) is 12.0 Å². The van der Waals surface area contributed by atoms with Gasteiger partial charge in [-0.25, -0.2) is 0 Å². The molecule has 1 heteroatoms. The Morgan fingerprint density at radius 3 is 3.40 bits per heavy atom. The van der Waals surface area contributed by atoms with Gasteiger partial charge in [0, 0.05) is 6.04 Å². The summed E-state index contributed by atoms with van der Waals surface area (Å²) in [5, 5.41) is 3.55. The molecule has 0 aromatic carbocycles. The van der Waals surface area contributed by atoms with Crippen LogP contribution in [0.15, 0.2) is 11.6 Å². The SMILES string of the molecule is CC1=CCC2CCNC2C1. The van der Waals surface area contributed by atoms with Crippen molar-refractivity contribution in [1.82, 2.24) is 5.32 Å². The monoisotopic (exact) mass is 137 g/mol. The van der Waals surface area contributed by atoms with Crippen molar-refractivity contribution in [2.75, 3.05) is 6.54 Å². The molecule has 0 aromatic heterocycles. The van der Waals surface area contributed by atoms with Crippen LogP contribution in [0.1, 0.15) is 26.2 Å². The summed E-state index contributed by atoms with van der Waals surface area (Å²) in [7, 11) is 0. The molecule has 1 N–H and O–H groups in total. The van der Waals surface area contributed by atoms with E-state index in [-0.39, 0.29) is 0 Å². The van der Waals surface area contributed by atoms with E-state index in [0.717, 1.165) is 12.0 Å². The summed E-state index contributed by atoms with van der Waals surface area (Å²) in [5.74, 6) is 0.962. The number of fused-ring (bicyclic) bond motifs is 1. The Morgan fingerprint density at radius 2 is 2.50 bits per heavy atom. The number of hydrogen-bond donors (Lipinski definition) is 1. The largest absolute Gasteiger partial charge is 0.313 e. The third kappa shape index (κ3) is 0.988. The van der Waals surface area contributed by atoms with Crippen LogP contribution in [0.2, 0.25) is 0 Å². The summed E-state index contributed by atoms with van der Waals surface area (Å²) in [6.07, 6.45) is 6.43. The van der Waals surface area contributed by atoms with Crippen molar-refractivity contribution in [3.05, 3.63) is 11.6 Å². The average molecular weight is 137 g/mol. The van der Waals surface area contributed by atoms with Gasteiger partial charge in [-0.15, -0.1) is 0 Å². The average Bonchev–Trinajstić information content (AvgIpc) is 2.33. The minimum Gasteiger partial charge on any atom is -0.313 e. The van der Waals surface area contributed by atoms with Crippen LogP contribution in [0.4, 0.5) is 0 Å². The molecule has 2 atom stereocenters. The van der Waals surface area contributed by atoms with Gasteiger partial charge in [0.1, 0.15) is 0 Å². The van der Waals surface area contributed by atoms with Crippen molar-refractivity contribution in [1.29, 1.82) is 0 Å². The highest BCUT2D eigenvalue weighted by molar-refractivity contribution is 5.09. The zero-order valence-corrected chi connectivity index (χ0v) is 6.56. The molecule has 10 heavy (non-hydrogen) atoms. The van der Waals surface area contributed by atoms with Crippen molar-refractivity contribution in [3.8, 4) is 0 Å². The van der Waals surface area contributed by atoms with Gasteiger partial charge in [0.15, 0.2) is 0 Å². The van der Waals surface area contributed by atoms with E-state index in [4.69, 9.17) is 0 Å². The zero-order valence-electron chi connectivity index (χ0n) is 6.56. The summed E-state index contributed by atoms with van der Waals surface area (Å²) >= 11 is 0. The molecule has 1 saturated heterocycles. The molecule has 0 bridgehead atoms. The normalized spacial score (nSPS) is 39.1. The molecule has 2 aliphatic rings. The Balaban J connectivity index is 2.08. The molecule has 0 spiro atoms. The van der Waals surface area contributed by atoms with Crippen LogP contribution in [-0.2, 0) is 0 Å². The highest BCUT2D eigenvalue weighted by Gasteiger charge is 2.28. The molecule has 0 radical (unpaired) electrons. The van der Waals surface area contributed by atoms with Crippen LogP contribution in [0.25, 0.3) is 0 Å². The van der Waals surface area contributed by atoms with Gasteiger partial charge in [-0.3, -0.25) is 0 Å². The highest BCUT2D eigenvalue weighted by atomic mass is 14.9. The first kappa shape index (κ1) is 6.41. The van der Waals surface area contributed by atoms with Crippen LogP contribution in [-0.4, -0.2) is 12.6 Å². The van der Waals surface area contributed by atoms with Crippen LogP contribution in [0, 0.1) is 5.92 Å². The van der Waals surface area contributed by atoms with Crippen LogP contribution in [0.5, 0.6) is 0 Å². The first-order valence-corrected chi connectivity index (χ1v) is 4.25. The number of allylic oxidation sites excluding steroid dienone is 1. The van der Waals surface area contributed by atoms with E-state index < -0.39 is 0 Å². The van der Waals surface area contributed by atoms with Gasteiger partial charge in [-0.2, -0.15) is 0 Å². The van der Waals surface area contributed by atoms with E-state index in [0.29, 0.717) is 0 Å². The summed E-state index contributed by atoms with van der Waals surface area (Å²) in [6, 6.07) is 0.824. The summed E-state index contributed by atoms with van der Waals surface area (Å²) in [4.78, 5) is 0. The van der Waals surface area contributed by atoms with Crippen molar-refractivity contribution in [2.45, 2.75) is 32.2 Å². The molecule has 2 rings (SSSR count). The fourth-order valence-electron chi connectivity index (χ4n) is 2.13. The lowest BCUT2D eigenvalue weighted by molar-refractivity contribution is 0.428. The van der Waals surface area contributed by atoms with Crippen LogP contribution >= 0.6 is 0 Å². The van der Waals surface area contributed by atoms with E-state index in [1.165, 1.54) is 25.8 Å². The number of rotatable bonds is 0. The minimum absolute atomic E-state index is 0.824. The van der Waals surface area contributed by atoms with Gasteiger partial charge < -0.3 is 5.32 Å². The Morgan fingerprint density at radius 1 is 1.60 bits per heavy atom. The van der Waals surface area contributed by atoms with Gasteiger partial charge in [0.2, 0.25) is 0 Å². The first-order chi connectivity index (χ1) is 4.86. The molecule has 1 aliphatic heterocycles. The predicted octanol–water partition coefficient (Wildman–Crippen LogP) is 1.70. The second-order valence-electron chi connectivity index (χ2n) is 3.60. The Bertz CT molecular complexity index is 160. The molecule has 1 aliphatic carbocycles. The minimum atomic E-state index is 0.824. The second-order valence-corrected chi connectivity index (χ2v) is 3.60. The maximum Gasteiger partial charge on any atom is 0.0136 e. The van der Waals surface area contributed by atoms with E-state index in [2.05, 4.69) is 18.3 Å². The number of hydrogen-bond acceptors (Lipinski definition) is 1. The standard InChI is InChI=1S/C9H15N/c1-7-2-3-8-4-5-10-9(8)6-7/h2,8-10H,3-6H2,1H3. The van der Waals surface area contributed by atoms with Crippen molar-refractivity contribution in [3.63, 3.8) is 0 Å². The summed E-state index contributed by atoms with van der Waals surface area (Å²) < 4.78 is 0. The predicted molar refractivity (Wildman–Crippen MR) is 42.9 cm³/mol. The second kappa shape index (κ2) is 2.39. The fourth-order valence-corrected chi connectivity index (χ4v) is 2.13. The third-order valence-corrected chi connectivity index (χ3v) is 2.80. The molecule has 56 valence electrons. The Kier molecular flexibility index (Phi) is 1.53. The molecular formula is C9H15N. The maximum absolute atomic E-state index is 3.55. The van der Waals surface area contributed by atoms with Gasteiger partial charge >= 0.3 is 0 Å². The highest BCUT2D eigenvalue weighted by Crippen LogP contribution is 2.29. The van der Waals surface area contributed by atoms with E-state index >= 15 is 0 Å². The van der Waals surface area contributed by atoms with Crippen molar-refractivity contribution >= 4 is 0 Å². The lowest BCUT2D eigenvalue weighted by Crippen LogP contribution is -2.28. The molecule has 2 unspecified atom stereocenters. The van der Waals surface area contributed by atoms with Gasteiger partial charge in [-0.1, -0.05) is 11.6 Å². The van der Waals surface area contributed by atoms with Gasteiger partial charge in [0.25, 0.3) is 0 Å². The molecule has 1 nitrogen and oxygen atoms in total. The Labute approximate surface area is 62.5 Å². The van der Waals surface area contributed by atoms with Crippen molar-refractivity contribution in [2.24, 2.45) is 5.92 Å². The molecule has 0 amide bonds. The van der Waals surface area contributed by atoms with E-state index in [1.54, 1.807) is 5.57 Å². The van der Waals surface area contributed by atoms with Gasteiger partial charge in [0.05, 0.1) is 0 Å². The summed E-state index contributed by atoms with van der Waals surface area (Å²) in [6.45, 7) is 3.49. The summed E-state index contributed by atoms with van der Waals surface area (Å²) in [5.41, 5.74) is 1.58. The first-order valence-electron chi connectivity index (χ1n) is 4.25. The molecule has 0 aromatic rings. The molecule has 1 fully saturated rings. The smallest absolute Gasteiger partial charge is 0.0136 e. The maximum atomic E-state index is 3.55. The van der Waals surface area contributed by atoms with Crippen molar-refractivity contribution < 1.29 is 0 Å². The lowest BCUT2D eigenvalue weighted by Gasteiger charge is -2.23. The lowest BCUT2D eigenvalue weighted by atomic mass is 9.86. The Hall–Kier alpha value is -0.300. The molecule has 0 saturated carbocycles. The van der Waals surface area contributed by atoms with E-state index in [9.17, 15) is 0 Å².